The number of aromatic nitrogens is 1. The molecule has 0 radical (unpaired) electrons. The summed E-state index contributed by atoms with van der Waals surface area (Å²) >= 11 is 13.9. The van der Waals surface area contributed by atoms with Crippen LogP contribution in [0.5, 0.6) is 11.6 Å². The first-order valence-electron chi connectivity index (χ1n) is 9.95. The Balaban J connectivity index is 1.48. The molecule has 2 aromatic carbocycles. The zero-order chi connectivity index (χ0) is 22.9. The van der Waals surface area contributed by atoms with Crippen molar-refractivity contribution in [3.8, 4) is 11.6 Å². The number of esters is 1. The van der Waals surface area contributed by atoms with E-state index in [0.717, 1.165) is 21.9 Å². The number of carbonyl (C=O) groups is 1. The lowest BCUT2D eigenvalue weighted by Crippen LogP contribution is -2.27. The van der Waals surface area contributed by atoms with E-state index >= 15 is 0 Å². The molecular weight excluding hydrogens is 469 g/mol. The van der Waals surface area contributed by atoms with Crippen LogP contribution in [0.2, 0.25) is 10.0 Å². The molecular formula is C24H23Cl2NO4S. The van der Waals surface area contributed by atoms with Crippen LogP contribution in [0, 0.1) is 0 Å². The zero-order valence-electron chi connectivity index (χ0n) is 17.7. The Hall–Kier alpha value is -2.25. The van der Waals surface area contributed by atoms with E-state index < -0.39 is 12.1 Å². The van der Waals surface area contributed by atoms with Gasteiger partial charge >= 0.3 is 5.97 Å². The van der Waals surface area contributed by atoms with Gasteiger partial charge in [0, 0.05) is 16.7 Å². The lowest BCUT2D eigenvalue weighted by atomic mass is 10.1. The Kier molecular flexibility index (Phi) is 9.23. The van der Waals surface area contributed by atoms with Crippen LogP contribution >= 0.6 is 35.0 Å². The fraction of sp³-hybridized carbons (Fsp3) is 0.250. The van der Waals surface area contributed by atoms with Gasteiger partial charge in [0.1, 0.15) is 5.75 Å². The predicted molar refractivity (Wildman–Crippen MR) is 128 cm³/mol. The van der Waals surface area contributed by atoms with E-state index in [1.807, 2.05) is 30.3 Å². The molecule has 0 N–H and O–H groups in total. The standard InChI is InChI=1S/C24H23Cl2NO4S/c1-16(30-14-13-17-9-11-19(29-2)12-10-17)24(28)31-22-8-3-5-18(27-22)15-32-23-20(25)6-4-7-21(23)26/h3-12,16H,13-15H2,1-2H3. The van der Waals surface area contributed by atoms with Crippen molar-refractivity contribution in [1.82, 2.24) is 4.98 Å². The van der Waals surface area contributed by atoms with E-state index in [-0.39, 0.29) is 5.88 Å². The van der Waals surface area contributed by atoms with E-state index in [0.29, 0.717) is 28.8 Å². The first kappa shape index (κ1) is 24.4. The maximum atomic E-state index is 12.4. The summed E-state index contributed by atoms with van der Waals surface area (Å²) in [7, 11) is 1.63. The molecule has 0 fully saturated rings. The number of methoxy groups -OCH3 is 1. The molecule has 1 atom stereocenters. The van der Waals surface area contributed by atoms with Crippen LogP contribution in [-0.2, 0) is 21.7 Å². The third-order valence-corrected chi connectivity index (χ3v) is 6.54. The zero-order valence-corrected chi connectivity index (χ0v) is 20.0. The number of ether oxygens (including phenoxy) is 3. The summed E-state index contributed by atoms with van der Waals surface area (Å²) in [4.78, 5) is 17.6. The minimum absolute atomic E-state index is 0.226. The minimum Gasteiger partial charge on any atom is -0.497 e. The van der Waals surface area contributed by atoms with Gasteiger partial charge in [-0.25, -0.2) is 9.78 Å². The van der Waals surface area contributed by atoms with Crippen molar-refractivity contribution < 1.29 is 19.0 Å². The molecule has 32 heavy (non-hydrogen) atoms. The van der Waals surface area contributed by atoms with Crippen LogP contribution in [0.3, 0.4) is 0 Å². The average molecular weight is 492 g/mol. The number of benzene rings is 2. The van der Waals surface area contributed by atoms with Crippen molar-refractivity contribution >= 4 is 40.9 Å². The summed E-state index contributed by atoms with van der Waals surface area (Å²) in [5.74, 6) is 1.06. The smallest absolute Gasteiger partial charge is 0.341 e. The Labute approximate surface area is 202 Å². The van der Waals surface area contributed by atoms with Gasteiger partial charge in [-0.15, -0.1) is 11.8 Å². The summed E-state index contributed by atoms with van der Waals surface area (Å²) in [6.07, 6.45) is -0.0352. The van der Waals surface area contributed by atoms with Crippen molar-refractivity contribution in [2.75, 3.05) is 13.7 Å². The fourth-order valence-corrected chi connectivity index (χ4v) is 4.35. The molecule has 0 bridgehead atoms. The van der Waals surface area contributed by atoms with Crippen LogP contribution in [-0.4, -0.2) is 30.8 Å². The van der Waals surface area contributed by atoms with E-state index in [1.165, 1.54) is 11.8 Å². The number of rotatable bonds is 10. The lowest BCUT2D eigenvalue weighted by Gasteiger charge is -2.13. The highest BCUT2D eigenvalue weighted by atomic mass is 35.5. The second-order valence-corrected chi connectivity index (χ2v) is 8.64. The number of nitrogens with zero attached hydrogens (tertiary/aromatic N) is 1. The predicted octanol–water partition coefficient (Wildman–Crippen LogP) is 6.24. The molecule has 8 heteroatoms. The van der Waals surface area contributed by atoms with E-state index in [1.54, 1.807) is 44.4 Å². The molecule has 3 aromatic rings. The van der Waals surface area contributed by atoms with Crippen molar-refractivity contribution in [2.45, 2.75) is 30.1 Å². The molecule has 1 aromatic heterocycles. The van der Waals surface area contributed by atoms with Crippen molar-refractivity contribution in [1.29, 1.82) is 0 Å². The monoisotopic (exact) mass is 491 g/mol. The minimum atomic E-state index is -0.713. The first-order chi connectivity index (χ1) is 15.5. The fourth-order valence-electron chi connectivity index (χ4n) is 2.76. The summed E-state index contributed by atoms with van der Waals surface area (Å²) in [6, 6.07) is 18.4. The number of hydrogen-bond donors (Lipinski definition) is 0. The topological polar surface area (TPSA) is 57.7 Å². The van der Waals surface area contributed by atoms with Gasteiger partial charge in [0.25, 0.3) is 0 Å². The molecule has 0 aliphatic carbocycles. The maximum Gasteiger partial charge on any atom is 0.341 e. The second-order valence-electron chi connectivity index (χ2n) is 6.84. The number of hydrogen-bond acceptors (Lipinski definition) is 6. The van der Waals surface area contributed by atoms with Crippen LogP contribution in [0.4, 0.5) is 0 Å². The number of thioether (sulfide) groups is 1. The third kappa shape index (κ3) is 7.14. The van der Waals surface area contributed by atoms with Crippen LogP contribution in [0.25, 0.3) is 0 Å². The van der Waals surface area contributed by atoms with Gasteiger partial charge in [-0.3, -0.25) is 0 Å². The third-order valence-electron chi connectivity index (χ3n) is 4.52. The van der Waals surface area contributed by atoms with Gasteiger partial charge in [0.15, 0.2) is 6.10 Å². The summed E-state index contributed by atoms with van der Waals surface area (Å²) in [6.45, 7) is 2.06. The van der Waals surface area contributed by atoms with Crippen molar-refractivity contribution in [3.63, 3.8) is 0 Å². The quantitative estimate of drug-likeness (QED) is 0.247. The van der Waals surface area contributed by atoms with Crippen LogP contribution < -0.4 is 9.47 Å². The van der Waals surface area contributed by atoms with Crippen LogP contribution in [0.15, 0.2) is 65.6 Å². The number of halogens is 2. The van der Waals surface area contributed by atoms with E-state index in [9.17, 15) is 4.79 Å². The molecule has 0 amide bonds. The highest BCUT2D eigenvalue weighted by Gasteiger charge is 2.17. The summed E-state index contributed by atoms with van der Waals surface area (Å²) in [5.41, 5.74) is 1.83. The summed E-state index contributed by atoms with van der Waals surface area (Å²) in [5, 5.41) is 1.18. The maximum absolute atomic E-state index is 12.4. The Morgan fingerprint density at radius 1 is 1.03 bits per heavy atom. The van der Waals surface area contributed by atoms with Gasteiger partial charge in [0.05, 0.1) is 29.5 Å². The molecule has 3 rings (SSSR count). The number of carbonyl (C=O) groups excluding carboxylic acids is 1. The van der Waals surface area contributed by atoms with Gasteiger partial charge in [-0.1, -0.05) is 47.5 Å². The van der Waals surface area contributed by atoms with Gasteiger partial charge < -0.3 is 14.2 Å². The highest BCUT2D eigenvalue weighted by molar-refractivity contribution is 7.98. The second kappa shape index (κ2) is 12.1. The first-order valence-corrected chi connectivity index (χ1v) is 11.7. The average Bonchev–Trinajstić information content (AvgIpc) is 2.79. The van der Waals surface area contributed by atoms with Crippen molar-refractivity contribution in [3.05, 3.63) is 82.0 Å². The Bertz CT molecular complexity index is 1030. The summed E-state index contributed by atoms with van der Waals surface area (Å²) < 4.78 is 16.2. The molecule has 0 spiro atoms. The van der Waals surface area contributed by atoms with Gasteiger partial charge in [0.2, 0.25) is 5.88 Å². The van der Waals surface area contributed by atoms with Crippen LogP contribution in [0.1, 0.15) is 18.2 Å². The molecule has 5 nitrogen and oxygen atoms in total. The van der Waals surface area contributed by atoms with Gasteiger partial charge in [-0.2, -0.15) is 0 Å². The van der Waals surface area contributed by atoms with Crippen molar-refractivity contribution in [2.24, 2.45) is 0 Å². The molecule has 1 unspecified atom stereocenters. The molecule has 0 aliphatic heterocycles. The van der Waals surface area contributed by atoms with E-state index in [2.05, 4.69) is 4.98 Å². The molecule has 168 valence electrons. The molecule has 0 saturated heterocycles. The Morgan fingerprint density at radius 2 is 1.72 bits per heavy atom. The SMILES string of the molecule is COc1ccc(CCOC(C)C(=O)Oc2cccc(CSc3c(Cl)cccc3Cl)n2)cc1. The van der Waals surface area contributed by atoms with E-state index in [4.69, 9.17) is 37.4 Å². The largest absolute Gasteiger partial charge is 0.497 e. The highest BCUT2D eigenvalue weighted by Crippen LogP contribution is 2.35. The molecule has 1 heterocycles. The molecule has 0 saturated carbocycles. The normalized spacial score (nSPS) is 11.8. The van der Waals surface area contributed by atoms with Gasteiger partial charge in [-0.05, 0) is 49.2 Å². The number of pyridine rings is 1. The Morgan fingerprint density at radius 3 is 2.41 bits per heavy atom. The lowest BCUT2D eigenvalue weighted by molar-refractivity contribution is -0.146. The molecule has 0 aliphatic rings.